The minimum atomic E-state index is -4.58. The maximum Gasteiger partial charge on any atom is 0.416 e. The average molecular weight is 364 g/mol. The highest BCUT2D eigenvalue weighted by atomic mass is 19.4. The summed E-state index contributed by atoms with van der Waals surface area (Å²) in [7, 11) is 0. The lowest BCUT2D eigenvalue weighted by atomic mass is 10.1. The number of carbonyl (C=O) groups excluding carboxylic acids is 1. The predicted molar refractivity (Wildman–Crippen MR) is 83.9 cm³/mol. The number of aromatic nitrogens is 3. The van der Waals surface area contributed by atoms with Gasteiger partial charge in [-0.2, -0.15) is 13.2 Å². The molecule has 0 aliphatic carbocycles. The molecule has 0 saturated carbocycles. The number of nitrogens with zero attached hydrogens (tertiary/aromatic N) is 3. The van der Waals surface area contributed by atoms with Crippen LogP contribution in [0.15, 0.2) is 55.1 Å². The first-order chi connectivity index (χ1) is 12.3. The highest BCUT2D eigenvalue weighted by molar-refractivity contribution is 5.94. The van der Waals surface area contributed by atoms with Gasteiger partial charge in [0.2, 0.25) is 0 Å². The zero-order valence-electron chi connectivity index (χ0n) is 13.2. The molecule has 5 nitrogen and oxygen atoms in total. The van der Waals surface area contributed by atoms with Crippen LogP contribution in [0.25, 0.3) is 5.69 Å². The zero-order chi connectivity index (χ0) is 18.7. The number of benzene rings is 2. The molecule has 0 atom stereocenters. The first-order valence-corrected chi connectivity index (χ1v) is 7.43. The van der Waals surface area contributed by atoms with Crippen LogP contribution >= 0.6 is 0 Å². The molecule has 3 rings (SSSR count). The summed E-state index contributed by atoms with van der Waals surface area (Å²) in [6.07, 6.45) is -1.68. The van der Waals surface area contributed by atoms with Crippen LogP contribution in [0.2, 0.25) is 0 Å². The van der Waals surface area contributed by atoms with E-state index in [-0.39, 0.29) is 17.7 Å². The minimum Gasteiger partial charge on any atom is -0.348 e. The number of hydrogen-bond donors (Lipinski definition) is 1. The maximum atomic E-state index is 13.7. The molecule has 134 valence electrons. The van der Waals surface area contributed by atoms with Crippen molar-refractivity contribution in [3.05, 3.63) is 77.6 Å². The molecule has 0 unspecified atom stereocenters. The van der Waals surface area contributed by atoms with Gasteiger partial charge in [-0.3, -0.25) is 9.36 Å². The molecule has 9 heteroatoms. The van der Waals surface area contributed by atoms with Crippen LogP contribution in [0, 0.1) is 5.82 Å². The Bertz CT molecular complexity index is 923. The fourth-order valence-corrected chi connectivity index (χ4v) is 2.31. The van der Waals surface area contributed by atoms with E-state index in [1.165, 1.54) is 18.7 Å². The Hall–Kier alpha value is -3.23. The van der Waals surface area contributed by atoms with Crippen molar-refractivity contribution in [2.24, 2.45) is 0 Å². The summed E-state index contributed by atoms with van der Waals surface area (Å²) >= 11 is 0. The summed E-state index contributed by atoms with van der Waals surface area (Å²) in [6, 6.07) is 8.53. The van der Waals surface area contributed by atoms with Gasteiger partial charge in [0.15, 0.2) is 0 Å². The Balaban J connectivity index is 1.75. The van der Waals surface area contributed by atoms with Crippen molar-refractivity contribution in [3.8, 4) is 5.69 Å². The van der Waals surface area contributed by atoms with E-state index in [0.717, 1.165) is 6.07 Å². The van der Waals surface area contributed by atoms with E-state index in [9.17, 15) is 22.4 Å². The number of carbonyl (C=O) groups is 1. The topological polar surface area (TPSA) is 59.8 Å². The molecule has 3 aromatic rings. The van der Waals surface area contributed by atoms with Gasteiger partial charge in [-0.25, -0.2) is 4.39 Å². The van der Waals surface area contributed by atoms with Crippen molar-refractivity contribution in [1.29, 1.82) is 0 Å². The van der Waals surface area contributed by atoms with Crippen molar-refractivity contribution in [1.82, 2.24) is 20.1 Å². The van der Waals surface area contributed by atoms with Crippen molar-refractivity contribution in [2.75, 3.05) is 0 Å². The number of alkyl halides is 3. The van der Waals surface area contributed by atoms with E-state index in [0.29, 0.717) is 17.8 Å². The summed E-state index contributed by atoms with van der Waals surface area (Å²) in [5.74, 6) is -1.37. The SMILES string of the molecule is O=C(NCc1cc(C(F)(F)F)ccc1F)c1cccc(-n2cnnc2)c1. The molecule has 1 aromatic heterocycles. The molecule has 0 fully saturated rings. The Morgan fingerprint density at radius 2 is 1.81 bits per heavy atom. The lowest BCUT2D eigenvalue weighted by Crippen LogP contribution is -2.23. The monoisotopic (exact) mass is 364 g/mol. The normalized spacial score (nSPS) is 11.4. The molecule has 2 aromatic carbocycles. The Kier molecular flexibility index (Phi) is 4.70. The van der Waals surface area contributed by atoms with E-state index >= 15 is 0 Å². The highest BCUT2D eigenvalue weighted by Gasteiger charge is 2.31. The number of hydrogen-bond acceptors (Lipinski definition) is 3. The first kappa shape index (κ1) is 17.6. The van der Waals surface area contributed by atoms with Crippen LogP contribution in [0.1, 0.15) is 21.5 Å². The van der Waals surface area contributed by atoms with E-state index in [2.05, 4.69) is 15.5 Å². The molecule has 1 heterocycles. The van der Waals surface area contributed by atoms with Crippen LogP contribution < -0.4 is 5.32 Å². The van der Waals surface area contributed by atoms with Crippen molar-refractivity contribution in [3.63, 3.8) is 0 Å². The van der Waals surface area contributed by atoms with Gasteiger partial charge in [0.05, 0.1) is 5.56 Å². The van der Waals surface area contributed by atoms with Crippen molar-refractivity contribution >= 4 is 5.91 Å². The second-order valence-corrected chi connectivity index (χ2v) is 5.41. The largest absolute Gasteiger partial charge is 0.416 e. The average Bonchev–Trinajstić information content (AvgIpc) is 3.14. The van der Waals surface area contributed by atoms with Gasteiger partial charge >= 0.3 is 6.18 Å². The quantitative estimate of drug-likeness (QED) is 0.723. The van der Waals surface area contributed by atoms with Gasteiger partial charge in [-0.15, -0.1) is 10.2 Å². The van der Waals surface area contributed by atoms with Crippen LogP contribution in [0.5, 0.6) is 0 Å². The molecule has 0 aliphatic heterocycles. The van der Waals surface area contributed by atoms with Crippen LogP contribution in [0.4, 0.5) is 17.6 Å². The number of nitrogens with one attached hydrogen (secondary N) is 1. The van der Waals surface area contributed by atoms with E-state index in [1.807, 2.05) is 0 Å². The predicted octanol–water partition coefficient (Wildman–Crippen LogP) is 3.36. The van der Waals surface area contributed by atoms with E-state index < -0.39 is 23.5 Å². The van der Waals surface area contributed by atoms with Gasteiger partial charge in [0.25, 0.3) is 5.91 Å². The van der Waals surface area contributed by atoms with Gasteiger partial charge in [0.1, 0.15) is 18.5 Å². The maximum absolute atomic E-state index is 13.7. The standard InChI is InChI=1S/C17H12F4N4O/c18-15-5-4-13(17(19,20)21)6-12(15)8-22-16(26)11-2-1-3-14(7-11)25-9-23-24-10-25/h1-7,9-10H,8H2,(H,22,26). The lowest BCUT2D eigenvalue weighted by Gasteiger charge is -2.11. The fraction of sp³-hybridized carbons (Fsp3) is 0.118. The van der Waals surface area contributed by atoms with Crippen LogP contribution in [-0.2, 0) is 12.7 Å². The molecule has 0 radical (unpaired) electrons. The third kappa shape index (κ3) is 3.88. The van der Waals surface area contributed by atoms with Crippen molar-refractivity contribution < 1.29 is 22.4 Å². The summed E-state index contributed by atoms with van der Waals surface area (Å²) in [5, 5.41) is 9.75. The first-order valence-electron chi connectivity index (χ1n) is 7.43. The van der Waals surface area contributed by atoms with Crippen LogP contribution in [0.3, 0.4) is 0 Å². The molecule has 26 heavy (non-hydrogen) atoms. The summed E-state index contributed by atoms with van der Waals surface area (Å²) in [5.41, 5.74) is -0.322. The van der Waals surface area contributed by atoms with Gasteiger partial charge in [-0.1, -0.05) is 6.07 Å². The van der Waals surface area contributed by atoms with Crippen molar-refractivity contribution in [2.45, 2.75) is 12.7 Å². The zero-order valence-corrected chi connectivity index (χ0v) is 13.2. The smallest absolute Gasteiger partial charge is 0.348 e. The molecular formula is C17H12F4N4O. The minimum absolute atomic E-state index is 0.247. The van der Waals surface area contributed by atoms with Crippen LogP contribution in [-0.4, -0.2) is 20.7 Å². The molecule has 0 saturated heterocycles. The summed E-state index contributed by atoms with van der Waals surface area (Å²) in [4.78, 5) is 12.2. The van der Waals surface area contributed by atoms with Gasteiger partial charge < -0.3 is 5.32 Å². The molecule has 1 amide bonds. The highest BCUT2D eigenvalue weighted by Crippen LogP contribution is 2.30. The second kappa shape index (κ2) is 6.95. The molecule has 1 N–H and O–H groups in total. The molecule has 0 aliphatic rings. The number of rotatable bonds is 4. The Labute approximate surface area is 145 Å². The number of amides is 1. The molecule has 0 spiro atoms. The lowest BCUT2D eigenvalue weighted by molar-refractivity contribution is -0.137. The summed E-state index contributed by atoms with van der Waals surface area (Å²) < 4.78 is 53.5. The second-order valence-electron chi connectivity index (χ2n) is 5.41. The van der Waals surface area contributed by atoms with E-state index in [1.54, 1.807) is 22.8 Å². The number of halogens is 4. The third-order valence-corrected chi connectivity index (χ3v) is 3.64. The molecular weight excluding hydrogens is 352 g/mol. The van der Waals surface area contributed by atoms with Gasteiger partial charge in [0, 0.05) is 23.4 Å². The summed E-state index contributed by atoms with van der Waals surface area (Å²) in [6.45, 7) is -0.370. The Morgan fingerprint density at radius 3 is 2.50 bits per heavy atom. The fourth-order valence-electron chi connectivity index (χ4n) is 2.31. The van der Waals surface area contributed by atoms with Gasteiger partial charge in [-0.05, 0) is 36.4 Å². The molecule has 0 bridgehead atoms. The third-order valence-electron chi connectivity index (χ3n) is 3.64. The Morgan fingerprint density at radius 1 is 1.08 bits per heavy atom. The van der Waals surface area contributed by atoms with E-state index in [4.69, 9.17) is 0 Å².